The molecule has 140 valence electrons. The lowest BCUT2D eigenvalue weighted by molar-refractivity contribution is 0.168. The fraction of sp³-hybridized carbons (Fsp3) is 1.00. The first-order chi connectivity index (χ1) is 11.1. The molecular weight excluding hydrogens is 300 g/mol. The number of hydrogen-bond donors (Lipinski definition) is 0. The molecule has 0 fully saturated rings. The van der Waals surface area contributed by atoms with E-state index in [1.165, 1.54) is 63.5 Å². The first-order valence-electron chi connectivity index (χ1n) is 10.4. The van der Waals surface area contributed by atoms with Crippen molar-refractivity contribution in [2.75, 3.05) is 13.2 Å². The van der Waals surface area contributed by atoms with Gasteiger partial charge in [-0.05, 0) is 37.8 Å². The van der Waals surface area contributed by atoms with Gasteiger partial charge in [-0.3, -0.25) is 0 Å². The zero-order chi connectivity index (χ0) is 17.6. The summed E-state index contributed by atoms with van der Waals surface area (Å²) in [7, 11) is -2.06. The SMILES string of the molecule is CCCCC(CC)C[Si](CC(CC)CCCC)(OCC)OCC. The van der Waals surface area contributed by atoms with E-state index in [0.717, 1.165) is 25.0 Å². The van der Waals surface area contributed by atoms with Crippen LogP contribution in [0.4, 0.5) is 0 Å². The number of unbranched alkanes of at least 4 members (excludes halogenated alkanes) is 2. The van der Waals surface area contributed by atoms with E-state index in [9.17, 15) is 0 Å². The van der Waals surface area contributed by atoms with Crippen LogP contribution in [0.5, 0.6) is 0 Å². The zero-order valence-electron chi connectivity index (χ0n) is 17.0. The first-order valence-corrected chi connectivity index (χ1v) is 12.6. The van der Waals surface area contributed by atoms with E-state index in [1.807, 2.05) is 0 Å². The maximum absolute atomic E-state index is 6.41. The second kappa shape index (κ2) is 14.5. The monoisotopic (exact) mass is 344 g/mol. The van der Waals surface area contributed by atoms with Crippen LogP contribution in [0.15, 0.2) is 0 Å². The molecule has 0 spiro atoms. The molecule has 0 bridgehead atoms. The van der Waals surface area contributed by atoms with Gasteiger partial charge in [-0.15, -0.1) is 0 Å². The van der Waals surface area contributed by atoms with Gasteiger partial charge in [-0.1, -0.05) is 79.1 Å². The summed E-state index contributed by atoms with van der Waals surface area (Å²) in [5.74, 6) is 1.56. The second-order valence-corrected chi connectivity index (χ2v) is 10.2. The summed E-state index contributed by atoms with van der Waals surface area (Å²) in [6.45, 7) is 15.2. The fourth-order valence-corrected chi connectivity index (χ4v) is 8.17. The number of hydrogen-bond acceptors (Lipinski definition) is 2. The topological polar surface area (TPSA) is 18.5 Å². The molecule has 2 unspecified atom stereocenters. The lowest BCUT2D eigenvalue weighted by atomic mass is 10.0. The summed E-state index contributed by atoms with van der Waals surface area (Å²) in [5, 5.41) is 0. The minimum atomic E-state index is -2.06. The molecule has 0 rings (SSSR count). The Labute approximate surface area is 148 Å². The van der Waals surface area contributed by atoms with Gasteiger partial charge in [0.05, 0.1) is 0 Å². The van der Waals surface area contributed by atoms with Crippen LogP contribution in [0.2, 0.25) is 12.1 Å². The van der Waals surface area contributed by atoms with Gasteiger partial charge < -0.3 is 8.85 Å². The van der Waals surface area contributed by atoms with Crippen molar-refractivity contribution in [3.05, 3.63) is 0 Å². The molecule has 0 heterocycles. The Hall–Kier alpha value is 0.137. The third kappa shape index (κ3) is 9.88. The molecule has 0 N–H and O–H groups in total. The van der Waals surface area contributed by atoms with Crippen molar-refractivity contribution in [2.24, 2.45) is 11.8 Å². The predicted octanol–water partition coefficient (Wildman–Crippen LogP) is 6.93. The summed E-state index contributed by atoms with van der Waals surface area (Å²) in [6, 6.07) is 2.40. The molecule has 2 nitrogen and oxygen atoms in total. The van der Waals surface area contributed by atoms with E-state index in [2.05, 4.69) is 41.5 Å². The normalized spacial score (nSPS) is 14.9. The molecule has 0 aliphatic carbocycles. The Balaban J connectivity index is 5.01. The zero-order valence-corrected chi connectivity index (χ0v) is 18.0. The molecule has 2 atom stereocenters. The Kier molecular flexibility index (Phi) is 14.6. The van der Waals surface area contributed by atoms with Gasteiger partial charge in [-0.2, -0.15) is 0 Å². The molecule has 0 saturated carbocycles. The maximum atomic E-state index is 6.41. The average molecular weight is 345 g/mol. The van der Waals surface area contributed by atoms with E-state index in [0.29, 0.717) is 0 Å². The molecule has 0 amide bonds. The highest BCUT2D eigenvalue weighted by Crippen LogP contribution is 2.34. The Morgan fingerprint density at radius 3 is 1.30 bits per heavy atom. The van der Waals surface area contributed by atoms with Crippen molar-refractivity contribution in [3.8, 4) is 0 Å². The molecule has 23 heavy (non-hydrogen) atoms. The van der Waals surface area contributed by atoms with E-state index in [4.69, 9.17) is 8.85 Å². The van der Waals surface area contributed by atoms with Crippen LogP contribution < -0.4 is 0 Å². The predicted molar refractivity (Wildman–Crippen MR) is 105 cm³/mol. The van der Waals surface area contributed by atoms with E-state index >= 15 is 0 Å². The lowest BCUT2D eigenvalue weighted by Crippen LogP contribution is -2.45. The minimum Gasteiger partial charge on any atom is -0.394 e. The Morgan fingerprint density at radius 2 is 1.04 bits per heavy atom. The molecular formula is C20H44O2Si. The van der Waals surface area contributed by atoms with Crippen LogP contribution in [0.25, 0.3) is 0 Å². The van der Waals surface area contributed by atoms with Crippen molar-refractivity contribution >= 4 is 8.56 Å². The first kappa shape index (κ1) is 23.1. The van der Waals surface area contributed by atoms with Crippen LogP contribution in [-0.4, -0.2) is 21.8 Å². The van der Waals surface area contributed by atoms with E-state index in [-0.39, 0.29) is 0 Å². The van der Waals surface area contributed by atoms with Crippen LogP contribution in [0.3, 0.4) is 0 Å². The third-order valence-corrected chi connectivity index (χ3v) is 9.13. The Morgan fingerprint density at radius 1 is 0.652 bits per heavy atom. The van der Waals surface area contributed by atoms with Crippen LogP contribution in [-0.2, 0) is 8.85 Å². The van der Waals surface area contributed by atoms with Crippen molar-refractivity contribution in [1.82, 2.24) is 0 Å². The van der Waals surface area contributed by atoms with Crippen molar-refractivity contribution < 1.29 is 8.85 Å². The standard InChI is InChI=1S/C20H44O2Si/c1-7-13-15-19(9-3)17-23(21-11-5,22-12-6)18-20(10-4)16-14-8-2/h19-20H,7-18H2,1-6H3. The van der Waals surface area contributed by atoms with Crippen molar-refractivity contribution in [1.29, 1.82) is 0 Å². The lowest BCUT2D eigenvalue weighted by Gasteiger charge is -2.35. The summed E-state index contributed by atoms with van der Waals surface area (Å²) in [4.78, 5) is 0. The largest absolute Gasteiger partial charge is 0.394 e. The molecule has 0 saturated heterocycles. The van der Waals surface area contributed by atoms with Gasteiger partial charge in [0.1, 0.15) is 0 Å². The van der Waals surface area contributed by atoms with Gasteiger partial charge in [0, 0.05) is 13.2 Å². The van der Waals surface area contributed by atoms with Crippen molar-refractivity contribution in [3.63, 3.8) is 0 Å². The number of rotatable bonds is 16. The Bertz CT molecular complexity index is 232. The summed E-state index contributed by atoms with van der Waals surface area (Å²) >= 11 is 0. The molecule has 0 aliphatic heterocycles. The van der Waals surface area contributed by atoms with Crippen LogP contribution >= 0.6 is 0 Å². The summed E-state index contributed by atoms with van der Waals surface area (Å²) in [6.07, 6.45) is 10.5. The van der Waals surface area contributed by atoms with E-state index in [1.54, 1.807) is 0 Å². The van der Waals surface area contributed by atoms with Crippen LogP contribution in [0, 0.1) is 11.8 Å². The van der Waals surface area contributed by atoms with Gasteiger partial charge >= 0.3 is 8.56 Å². The molecule has 0 aliphatic rings. The minimum absolute atomic E-state index is 0.781. The smallest absolute Gasteiger partial charge is 0.338 e. The van der Waals surface area contributed by atoms with Crippen molar-refractivity contribution in [2.45, 2.75) is 105 Å². The third-order valence-electron chi connectivity index (χ3n) is 5.10. The molecule has 0 aromatic heterocycles. The molecule has 0 radical (unpaired) electrons. The summed E-state index contributed by atoms with van der Waals surface area (Å²) in [5.41, 5.74) is 0. The summed E-state index contributed by atoms with van der Waals surface area (Å²) < 4.78 is 12.8. The fourth-order valence-electron chi connectivity index (χ4n) is 3.65. The van der Waals surface area contributed by atoms with Crippen LogP contribution in [0.1, 0.15) is 92.9 Å². The quantitative estimate of drug-likeness (QED) is 0.282. The molecule has 0 aromatic rings. The van der Waals surface area contributed by atoms with Gasteiger partial charge in [0.25, 0.3) is 0 Å². The molecule has 0 aromatic carbocycles. The second-order valence-electron chi connectivity index (χ2n) is 7.02. The highest BCUT2D eigenvalue weighted by atomic mass is 28.4. The maximum Gasteiger partial charge on any atom is 0.338 e. The molecule has 3 heteroatoms. The highest BCUT2D eigenvalue weighted by Gasteiger charge is 2.40. The van der Waals surface area contributed by atoms with Gasteiger partial charge in [-0.25, -0.2) is 0 Å². The average Bonchev–Trinajstić information content (AvgIpc) is 2.55. The van der Waals surface area contributed by atoms with E-state index < -0.39 is 8.56 Å². The van der Waals surface area contributed by atoms with Gasteiger partial charge in [0.15, 0.2) is 0 Å². The highest BCUT2D eigenvalue weighted by molar-refractivity contribution is 6.67. The van der Waals surface area contributed by atoms with Gasteiger partial charge in [0.2, 0.25) is 0 Å².